The summed E-state index contributed by atoms with van der Waals surface area (Å²) in [6.07, 6.45) is 0.124. The number of hydrogen-bond donors (Lipinski definition) is 1. The van der Waals surface area contributed by atoms with Crippen molar-refractivity contribution in [3.8, 4) is 0 Å². The van der Waals surface area contributed by atoms with Gasteiger partial charge in [-0.05, 0) is 47.9 Å². The minimum Gasteiger partial charge on any atom is -0.384 e. The molecule has 0 heterocycles. The Morgan fingerprint density at radius 3 is 2.45 bits per heavy atom. The molecule has 2 rings (SSSR count). The fourth-order valence-electron chi connectivity index (χ4n) is 2.04. The number of aliphatic hydroxyl groups excluding tert-OH is 1. The van der Waals surface area contributed by atoms with Gasteiger partial charge in [-0.2, -0.15) is 0 Å². The normalized spacial score (nSPS) is 13.2. The van der Waals surface area contributed by atoms with E-state index in [1.165, 1.54) is 30.3 Å². The van der Waals surface area contributed by atoms with Gasteiger partial charge in [-0.25, -0.2) is 12.8 Å². The van der Waals surface area contributed by atoms with E-state index < -0.39 is 15.9 Å². The van der Waals surface area contributed by atoms with E-state index in [1.54, 1.807) is 19.1 Å². The molecule has 0 aliphatic heterocycles. The molecule has 0 saturated heterocycles. The van der Waals surface area contributed by atoms with Crippen molar-refractivity contribution in [2.45, 2.75) is 17.9 Å². The third-order valence-electron chi connectivity index (χ3n) is 3.13. The van der Waals surface area contributed by atoms with Crippen LogP contribution in [0.25, 0.3) is 0 Å². The molecular formula is C15H15FO3S. The van der Waals surface area contributed by atoms with Crippen LogP contribution in [0.15, 0.2) is 47.4 Å². The first-order valence-corrected chi connectivity index (χ1v) is 7.92. The van der Waals surface area contributed by atoms with E-state index in [4.69, 9.17) is 0 Å². The number of halogens is 1. The molecule has 0 aromatic heterocycles. The van der Waals surface area contributed by atoms with Crippen LogP contribution >= 0.6 is 0 Å². The van der Waals surface area contributed by atoms with Crippen LogP contribution in [0, 0.1) is 12.7 Å². The van der Waals surface area contributed by atoms with E-state index in [2.05, 4.69) is 0 Å². The number of hydrogen-bond acceptors (Lipinski definition) is 3. The van der Waals surface area contributed by atoms with Gasteiger partial charge in [0.05, 0.1) is 4.90 Å². The van der Waals surface area contributed by atoms with E-state index in [9.17, 15) is 17.9 Å². The molecule has 2 aromatic carbocycles. The standard InChI is InChI=1S/C15H15FO3S/c1-10-8-12(16)6-7-14(10)15(17)11-4-3-5-13(9-11)20(2,18)19/h3-9,15,17H,1-2H3. The van der Waals surface area contributed by atoms with Crippen molar-refractivity contribution in [2.24, 2.45) is 0 Å². The van der Waals surface area contributed by atoms with Crippen LogP contribution in [0.4, 0.5) is 4.39 Å². The first kappa shape index (κ1) is 14.7. The van der Waals surface area contributed by atoms with Crippen LogP contribution in [0.5, 0.6) is 0 Å². The fourth-order valence-corrected chi connectivity index (χ4v) is 2.72. The van der Waals surface area contributed by atoms with Crippen LogP contribution in [-0.4, -0.2) is 19.8 Å². The van der Waals surface area contributed by atoms with E-state index in [0.717, 1.165) is 6.26 Å². The first-order valence-electron chi connectivity index (χ1n) is 6.03. The van der Waals surface area contributed by atoms with Crippen LogP contribution in [-0.2, 0) is 9.84 Å². The molecule has 1 atom stereocenters. The van der Waals surface area contributed by atoms with Crippen LogP contribution in [0.1, 0.15) is 22.8 Å². The second-order valence-electron chi connectivity index (χ2n) is 4.75. The number of aryl methyl sites for hydroxylation is 1. The lowest BCUT2D eigenvalue weighted by molar-refractivity contribution is 0.219. The summed E-state index contributed by atoms with van der Waals surface area (Å²) in [4.78, 5) is 0.147. The third-order valence-corrected chi connectivity index (χ3v) is 4.24. The highest BCUT2D eigenvalue weighted by atomic mass is 32.2. The highest BCUT2D eigenvalue weighted by Gasteiger charge is 2.16. The van der Waals surface area contributed by atoms with Gasteiger partial charge >= 0.3 is 0 Å². The lowest BCUT2D eigenvalue weighted by Crippen LogP contribution is -2.04. The maximum atomic E-state index is 13.1. The quantitative estimate of drug-likeness (QED) is 0.946. The van der Waals surface area contributed by atoms with Crippen molar-refractivity contribution in [2.75, 3.05) is 6.26 Å². The zero-order valence-corrected chi connectivity index (χ0v) is 12.0. The highest BCUT2D eigenvalue weighted by Crippen LogP contribution is 2.26. The third kappa shape index (κ3) is 3.05. The molecule has 3 nitrogen and oxygen atoms in total. The average molecular weight is 294 g/mol. The molecule has 0 aliphatic rings. The molecule has 20 heavy (non-hydrogen) atoms. The van der Waals surface area contributed by atoms with Crippen molar-refractivity contribution >= 4 is 9.84 Å². The van der Waals surface area contributed by atoms with Gasteiger partial charge in [0, 0.05) is 6.26 Å². The Hall–Kier alpha value is -1.72. The minimum absolute atomic E-state index is 0.147. The number of benzene rings is 2. The summed E-state index contributed by atoms with van der Waals surface area (Å²) in [6, 6.07) is 10.2. The Morgan fingerprint density at radius 1 is 1.15 bits per heavy atom. The van der Waals surface area contributed by atoms with Crippen molar-refractivity contribution in [1.82, 2.24) is 0 Å². The van der Waals surface area contributed by atoms with Gasteiger partial charge in [0.25, 0.3) is 0 Å². The summed E-state index contributed by atoms with van der Waals surface area (Å²) in [6.45, 7) is 1.70. The Kier molecular flexibility index (Phi) is 3.92. The molecular weight excluding hydrogens is 279 g/mol. The van der Waals surface area contributed by atoms with Gasteiger partial charge < -0.3 is 5.11 Å². The van der Waals surface area contributed by atoms with Gasteiger partial charge in [0.15, 0.2) is 9.84 Å². The van der Waals surface area contributed by atoms with Crippen LogP contribution in [0.2, 0.25) is 0 Å². The van der Waals surface area contributed by atoms with Gasteiger partial charge in [0.2, 0.25) is 0 Å². The topological polar surface area (TPSA) is 54.4 Å². The smallest absolute Gasteiger partial charge is 0.175 e. The van der Waals surface area contributed by atoms with Gasteiger partial charge in [-0.3, -0.25) is 0 Å². The molecule has 0 spiro atoms. The van der Waals surface area contributed by atoms with Gasteiger partial charge in [-0.15, -0.1) is 0 Å². The van der Waals surface area contributed by atoms with E-state index in [1.807, 2.05) is 0 Å². The summed E-state index contributed by atoms with van der Waals surface area (Å²) in [5.74, 6) is -0.372. The Morgan fingerprint density at radius 2 is 1.85 bits per heavy atom. The summed E-state index contributed by atoms with van der Waals surface area (Å²) < 4.78 is 36.1. The molecule has 5 heteroatoms. The van der Waals surface area contributed by atoms with Crippen molar-refractivity contribution < 1.29 is 17.9 Å². The zero-order chi connectivity index (χ0) is 14.9. The highest BCUT2D eigenvalue weighted by molar-refractivity contribution is 7.90. The summed E-state index contributed by atoms with van der Waals surface area (Å²) >= 11 is 0. The molecule has 0 saturated carbocycles. The summed E-state index contributed by atoms with van der Waals surface area (Å²) in [7, 11) is -3.33. The molecule has 106 valence electrons. The Labute approximate surface area is 117 Å². The lowest BCUT2D eigenvalue weighted by atomic mass is 9.97. The van der Waals surface area contributed by atoms with Crippen molar-refractivity contribution in [3.05, 3.63) is 65.0 Å². The number of aliphatic hydroxyl groups is 1. The van der Waals surface area contributed by atoms with Crippen LogP contribution in [0.3, 0.4) is 0 Å². The van der Waals surface area contributed by atoms with E-state index in [0.29, 0.717) is 16.7 Å². The molecule has 0 aliphatic carbocycles. The number of sulfone groups is 1. The predicted molar refractivity (Wildman–Crippen MR) is 74.8 cm³/mol. The summed E-state index contributed by atoms with van der Waals surface area (Å²) in [5, 5.41) is 10.3. The Balaban J connectivity index is 2.46. The maximum absolute atomic E-state index is 13.1. The molecule has 1 unspecified atom stereocenters. The second-order valence-corrected chi connectivity index (χ2v) is 6.76. The van der Waals surface area contributed by atoms with E-state index >= 15 is 0 Å². The van der Waals surface area contributed by atoms with Crippen molar-refractivity contribution in [1.29, 1.82) is 0 Å². The van der Waals surface area contributed by atoms with Gasteiger partial charge in [0.1, 0.15) is 11.9 Å². The molecule has 0 bridgehead atoms. The molecule has 0 radical (unpaired) electrons. The lowest BCUT2D eigenvalue weighted by Gasteiger charge is -2.15. The molecule has 1 N–H and O–H groups in total. The largest absolute Gasteiger partial charge is 0.384 e. The summed E-state index contributed by atoms with van der Waals surface area (Å²) in [5.41, 5.74) is 1.63. The van der Waals surface area contributed by atoms with Gasteiger partial charge in [-0.1, -0.05) is 18.2 Å². The minimum atomic E-state index is -3.33. The zero-order valence-electron chi connectivity index (χ0n) is 11.2. The molecule has 2 aromatic rings. The molecule has 0 fully saturated rings. The first-order chi connectivity index (χ1) is 9.29. The second kappa shape index (κ2) is 5.34. The average Bonchev–Trinajstić information content (AvgIpc) is 2.37. The fraction of sp³-hybridized carbons (Fsp3) is 0.200. The van der Waals surface area contributed by atoms with E-state index in [-0.39, 0.29) is 10.7 Å². The Bertz CT molecular complexity index is 739. The molecule has 0 amide bonds. The van der Waals surface area contributed by atoms with Crippen LogP contribution < -0.4 is 0 Å². The number of rotatable bonds is 3. The monoisotopic (exact) mass is 294 g/mol. The predicted octanol–water partition coefficient (Wildman–Crippen LogP) is 2.62. The van der Waals surface area contributed by atoms with Crippen molar-refractivity contribution in [3.63, 3.8) is 0 Å². The SMILES string of the molecule is Cc1cc(F)ccc1C(O)c1cccc(S(C)(=O)=O)c1. The maximum Gasteiger partial charge on any atom is 0.175 e.